The Kier molecular flexibility index (Phi) is 6.50. The molecule has 0 unspecified atom stereocenters. The van der Waals surface area contributed by atoms with Gasteiger partial charge in [-0.1, -0.05) is 17.7 Å². The Morgan fingerprint density at radius 2 is 1.81 bits per heavy atom. The number of benzene rings is 2. The van der Waals surface area contributed by atoms with E-state index in [1.54, 1.807) is 7.11 Å². The van der Waals surface area contributed by atoms with Crippen molar-refractivity contribution in [1.82, 2.24) is 15.5 Å². The van der Waals surface area contributed by atoms with E-state index in [9.17, 15) is 4.79 Å². The first-order valence-electron chi connectivity index (χ1n) is 10.7. The van der Waals surface area contributed by atoms with Crippen LogP contribution in [0.15, 0.2) is 52.9 Å². The van der Waals surface area contributed by atoms with Crippen LogP contribution in [-0.2, 0) is 11.2 Å². The molecule has 0 spiro atoms. The van der Waals surface area contributed by atoms with Crippen molar-refractivity contribution < 1.29 is 13.9 Å². The van der Waals surface area contributed by atoms with Gasteiger partial charge in [0.15, 0.2) is 0 Å². The number of rotatable bonds is 7. The lowest BCUT2D eigenvalue weighted by Crippen LogP contribution is -2.44. The van der Waals surface area contributed by atoms with Crippen molar-refractivity contribution in [3.8, 4) is 17.2 Å². The van der Waals surface area contributed by atoms with Gasteiger partial charge in [-0.05, 0) is 56.2 Å². The van der Waals surface area contributed by atoms with Gasteiger partial charge in [0.2, 0.25) is 17.7 Å². The number of ether oxygens (including phenoxy) is 1. The molecule has 7 heteroatoms. The summed E-state index contributed by atoms with van der Waals surface area (Å²) in [6, 6.07) is 16.2. The number of anilines is 1. The molecule has 1 N–H and O–H groups in total. The Morgan fingerprint density at radius 3 is 2.48 bits per heavy atom. The highest BCUT2D eigenvalue weighted by Gasteiger charge is 2.21. The Balaban J connectivity index is 1.21. The number of aryl methyl sites for hydroxylation is 2. The van der Waals surface area contributed by atoms with Crippen molar-refractivity contribution in [2.75, 3.05) is 25.1 Å². The lowest BCUT2D eigenvalue weighted by molar-refractivity contribution is -0.122. The molecule has 2 aromatic carbocycles. The van der Waals surface area contributed by atoms with Crippen LogP contribution in [0.1, 0.15) is 30.7 Å². The highest BCUT2D eigenvalue weighted by atomic mass is 16.5. The average molecular weight is 421 g/mol. The largest absolute Gasteiger partial charge is 0.497 e. The molecule has 0 atom stereocenters. The first-order valence-corrected chi connectivity index (χ1v) is 10.7. The van der Waals surface area contributed by atoms with Crippen molar-refractivity contribution >= 4 is 11.6 Å². The maximum absolute atomic E-state index is 12.4. The van der Waals surface area contributed by atoms with Gasteiger partial charge in [0.25, 0.3) is 0 Å². The lowest BCUT2D eigenvalue weighted by atomic mass is 10.0. The zero-order chi connectivity index (χ0) is 21.6. The Hall–Kier alpha value is -3.35. The van der Waals surface area contributed by atoms with E-state index in [0.717, 1.165) is 37.2 Å². The molecule has 2 heterocycles. The Labute approximate surface area is 182 Å². The number of aromatic nitrogens is 2. The van der Waals surface area contributed by atoms with Crippen LogP contribution in [-0.4, -0.2) is 42.3 Å². The van der Waals surface area contributed by atoms with Gasteiger partial charge in [-0.3, -0.25) is 4.79 Å². The van der Waals surface area contributed by atoms with E-state index >= 15 is 0 Å². The molecule has 0 bridgehead atoms. The molecule has 1 amide bonds. The SMILES string of the molecule is COc1ccc(N2CCC(NC(=O)CCc3nnc(-c4ccc(C)cc4)o3)CC2)cc1. The first kappa shape index (κ1) is 20.9. The van der Waals surface area contributed by atoms with Gasteiger partial charge >= 0.3 is 0 Å². The summed E-state index contributed by atoms with van der Waals surface area (Å²) in [6.07, 6.45) is 2.63. The molecule has 7 nitrogen and oxygen atoms in total. The molecule has 1 aliphatic heterocycles. The fourth-order valence-electron chi connectivity index (χ4n) is 3.76. The van der Waals surface area contributed by atoms with Gasteiger partial charge in [-0.15, -0.1) is 10.2 Å². The van der Waals surface area contributed by atoms with Gasteiger partial charge in [-0.25, -0.2) is 0 Å². The number of piperidine rings is 1. The van der Waals surface area contributed by atoms with Gasteiger partial charge in [-0.2, -0.15) is 0 Å². The average Bonchev–Trinajstić information content (AvgIpc) is 3.28. The molecular formula is C24H28N4O3. The predicted molar refractivity (Wildman–Crippen MR) is 119 cm³/mol. The minimum Gasteiger partial charge on any atom is -0.497 e. The van der Waals surface area contributed by atoms with Crippen LogP contribution in [0.5, 0.6) is 5.75 Å². The third kappa shape index (κ3) is 5.42. The zero-order valence-electron chi connectivity index (χ0n) is 18.0. The Bertz CT molecular complexity index is 990. The van der Waals surface area contributed by atoms with E-state index in [1.165, 1.54) is 11.3 Å². The molecule has 1 saturated heterocycles. The third-order valence-corrected chi connectivity index (χ3v) is 5.63. The Morgan fingerprint density at radius 1 is 1.10 bits per heavy atom. The molecule has 4 rings (SSSR count). The van der Waals surface area contributed by atoms with E-state index in [0.29, 0.717) is 24.6 Å². The molecule has 0 radical (unpaired) electrons. The summed E-state index contributed by atoms with van der Waals surface area (Å²) in [4.78, 5) is 14.7. The number of methoxy groups -OCH3 is 1. The number of carbonyl (C=O) groups is 1. The van der Waals surface area contributed by atoms with Crippen LogP contribution in [0, 0.1) is 6.92 Å². The van der Waals surface area contributed by atoms with Crippen LogP contribution in [0.25, 0.3) is 11.5 Å². The summed E-state index contributed by atoms with van der Waals surface area (Å²) < 4.78 is 10.9. The van der Waals surface area contributed by atoms with Crippen molar-refractivity contribution in [3.63, 3.8) is 0 Å². The maximum Gasteiger partial charge on any atom is 0.247 e. The quantitative estimate of drug-likeness (QED) is 0.627. The number of nitrogens with zero attached hydrogens (tertiary/aromatic N) is 3. The third-order valence-electron chi connectivity index (χ3n) is 5.63. The molecule has 3 aromatic rings. The van der Waals surface area contributed by atoms with E-state index in [-0.39, 0.29) is 11.9 Å². The molecule has 0 aliphatic carbocycles. The van der Waals surface area contributed by atoms with E-state index in [2.05, 4.69) is 32.5 Å². The summed E-state index contributed by atoms with van der Waals surface area (Å²) in [5, 5.41) is 11.3. The molecule has 1 aromatic heterocycles. The number of nitrogens with one attached hydrogen (secondary N) is 1. The summed E-state index contributed by atoms with van der Waals surface area (Å²) in [5.41, 5.74) is 3.25. The van der Waals surface area contributed by atoms with Crippen LogP contribution in [0.3, 0.4) is 0 Å². The second-order valence-corrected chi connectivity index (χ2v) is 7.89. The van der Waals surface area contributed by atoms with Gasteiger partial charge in [0.05, 0.1) is 7.11 Å². The van der Waals surface area contributed by atoms with Crippen molar-refractivity contribution in [1.29, 1.82) is 0 Å². The smallest absolute Gasteiger partial charge is 0.247 e. The van der Waals surface area contributed by atoms with Crippen LogP contribution >= 0.6 is 0 Å². The predicted octanol–water partition coefficient (Wildman–Crippen LogP) is 3.77. The second kappa shape index (κ2) is 9.64. The fraction of sp³-hybridized carbons (Fsp3) is 0.375. The first-order chi connectivity index (χ1) is 15.1. The van der Waals surface area contributed by atoms with E-state index < -0.39 is 0 Å². The number of carbonyl (C=O) groups excluding carboxylic acids is 1. The summed E-state index contributed by atoms with van der Waals surface area (Å²) in [5.74, 6) is 1.86. The lowest BCUT2D eigenvalue weighted by Gasteiger charge is -2.34. The molecule has 162 valence electrons. The van der Waals surface area contributed by atoms with Crippen molar-refractivity contribution in [2.24, 2.45) is 0 Å². The summed E-state index contributed by atoms with van der Waals surface area (Å²) in [6.45, 7) is 3.87. The number of hydrogen-bond donors (Lipinski definition) is 1. The van der Waals surface area contributed by atoms with Gasteiger partial charge < -0.3 is 19.4 Å². The van der Waals surface area contributed by atoms with E-state index in [4.69, 9.17) is 9.15 Å². The minimum atomic E-state index is 0.0259. The number of hydrogen-bond acceptors (Lipinski definition) is 6. The van der Waals surface area contributed by atoms with Gasteiger partial charge in [0, 0.05) is 43.2 Å². The number of amides is 1. The summed E-state index contributed by atoms with van der Waals surface area (Å²) in [7, 11) is 1.67. The standard InChI is InChI=1S/C24H28N4O3/c1-17-3-5-18(6-4-17)24-27-26-23(31-24)12-11-22(29)25-19-13-15-28(16-14-19)20-7-9-21(30-2)10-8-20/h3-10,19H,11-16H2,1-2H3,(H,25,29). The van der Waals surface area contributed by atoms with Crippen LogP contribution < -0.4 is 15.0 Å². The molecular weight excluding hydrogens is 392 g/mol. The monoisotopic (exact) mass is 420 g/mol. The molecule has 0 saturated carbocycles. The molecule has 1 aliphatic rings. The normalized spacial score (nSPS) is 14.5. The fourth-order valence-corrected chi connectivity index (χ4v) is 3.76. The van der Waals surface area contributed by atoms with Gasteiger partial charge in [0.1, 0.15) is 5.75 Å². The zero-order valence-corrected chi connectivity index (χ0v) is 18.0. The van der Waals surface area contributed by atoms with Crippen molar-refractivity contribution in [2.45, 2.75) is 38.6 Å². The topological polar surface area (TPSA) is 80.5 Å². The molecule has 31 heavy (non-hydrogen) atoms. The van der Waals surface area contributed by atoms with Crippen molar-refractivity contribution in [3.05, 3.63) is 60.0 Å². The van der Waals surface area contributed by atoms with Crippen LogP contribution in [0.4, 0.5) is 5.69 Å². The minimum absolute atomic E-state index is 0.0259. The highest BCUT2D eigenvalue weighted by Crippen LogP contribution is 2.23. The highest BCUT2D eigenvalue weighted by molar-refractivity contribution is 5.76. The van der Waals surface area contributed by atoms with Crippen LogP contribution in [0.2, 0.25) is 0 Å². The molecule has 1 fully saturated rings. The second-order valence-electron chi connectivity index (χ2n) is 7.89. The van der Waals surface area contributed by atoms with E-state index in [1.807, 2.05) is 43.3 Å². The summed E-state index contributed by atoms with van der Waals surface area (Å²) >= 11 is 0. The maximum atomic E-state index is 12.4.